The Labute approximate surface area is 217 Å². The second kappa shape index (κ2) is 11.6. The van der Waals surface area contributed by atoms with Crippen molar-refractivity contribution in [1.29, 1.82) is 0 Å². The number of nitrogens with zero attached hydrogens (tertiary/aromatic N) is 2. The van der Waals surface area contributed by atoms with E-state index in [0.717, 1.165) is 21.0 Å². The molecule has 190 valence electrons. The summed E-state index contributed by atoms with van der Waals surface area (Å²) in [6.45, 7) is 5.00. The van der Waals surface area contributed by atoms with Crippen LogP contribution >= 0.6 is 11.6 Å². The quantitative estimate of drug-likeness (QED) is 0.449. The lowest BCUT2D eigenvalue weighted by atomic mass is 10.1. The standard InChI is InChI=1S/C27H30ClN3O4S/c1-19-12-14-23(15-13-19)36(34,35)31(25-11-6-5-10-24(25)28)18-26(32)30(21(3)27(33)29-4)17-22-9-7-8-20(2)16-22/h5-16,21H,17-18H2,1-4H3,(H,29,33). The molecule has 36 heavy (non-hydrogen) atoms. The molecule has 0 saturated heterocycles. The number of aryl methyl sites for hydroxylation is 2. The molecule has 3 rings (SSSR count). The average Bonchev–Trinajstić information content (AvgIpc) is 2.85. The maximum atomic E-state index is 13.7. The Balaban J connectivity index is 2.05. The molecule has 0 aromatic heterocycles. The number of halogens is 1. The lowest BCUT2D eigenvalue weighted by molar-refractivity contribution is -0.139. The minimum absolute atomic E-state index is 0.0328. The zero-order chi connectivity index (χ0) is 26.5. The lowest BCUT2D eigenvalue weighted by Crippen LogP contribution is -2.50. The fourth-order valence-corrected chi connectivity index (χ4v) is 5.52. The maximum absolute atomic E-state index is 13.7. The highest BCUT2D eigenvalue weighted by Gasteiger charge is 2.33. The third-order valence-electron chi connectivity index (χ3n) is 5.86. The van der Waals surface area contributed by atoms with E-state index in [1.165, 1.54) is 24.1 Å². The molecule has 1 N–H and O–H groups in total. The Bertz CT molecular complexity index is 1340. The number of anilines is 1. The van der Waals surface area contributed by atoms with Crippen molar-refractivity contribution < 1.29 is 18.0 Å². The lowest BCUT2D eigenvalue weighted by Gasteiger charge is -2.32. The van der Waals surface area contributed by atoms with E-state index in [1.54, 1.807) is 43.3 Å². The number of rotatable bonds is 9. The molecule has 0 heterocycles. The summed E-state index contributed by atoms with van der Waals surface area (Å²) in [6.07, 6.45) is 0. The summed E-state index contributed by atoms with van der Waals surface area (Å²) in [5.41, 5.74) is 2.91. The monoisotopic (exact) mass is 527 g/mol. The van der Waals surface area contributed by atoms with E-state index in [9.17, 15) is 18.0 Å². The van der Waals surface area contributed by atoms with Gasteiger partial charge in [0.15, 0.2) is 0 Å². The first kappa shape index (κ1) is 27.2. The number of benzene rings is 3. The highest BCUT2D eigenvalue weighted by atomic mass is 35.5. The molecule has 0 saturated carbocycles. The van der Waals surface area contributed by atoms with Gasteiger partial charge in [0.1, 0.15) is 12.6 Å². The molecule has 0 aliphatic rings. The third-order valence-corrected chi connectivity index (χ3v) is 7.95. The van der Waals surface area contributed by atoms with Gasteiger partial charge in [-0.05, 0) is 50.6 Å². The largest absolute Gasteiger partial charge is 0.357 e. The number of amides is 2. The van der Waals surface area contributed by atoms with Crippen molar-refractivity contribution in [3.63, 3.8) is 0 Å². The smallest absolute Gasteiger partial charge is 0.264 e. The van der Waals surface area contributed by atoms with Gasteiger partial charge in [0.2, 0.25) is 11.8 Å². The Kier molecular flexibility index (Phi) is 8.76. The predicted octanol–water partition coefficient (Wildman–Crippen LogP) is 4.32. The van der Waals surface area contributed by atoms with Crippen LogP contribution < -0.4 is 9.62 Å². The van der Waals surface area contributed by atoms with E-state index in [0.29, 0.717) is 0 Å². The summed E-state index contributed by atoms with van der Waals surface area (Å²) in [5.74, 6) is -0.898. The number of hydrogen-bond donors (Lipinski definition) is 1. The minimum atomic E-state index is -4.15. The van der Waals surface area contributed by atoms with Gasteiger partial charge in [-0.25, -0.2) is 8.42 Å². The SMILES string of the molecule is CNC(=O)C(C)N(Cc1cccc(C)c1)C(=O)CN(c1ccccc1Cl)S(=O)(=O)c1ccc(C)cc1. The van der Waals surface area contributed by atoms with Crippen LogP contribution in [-0.2, 0) is 26.2 Å². The summed E-state index contributed by atoms with van der Waals surface area (Å²) in [7, 11) is -2.66. The van der Waals surface area contributed by atoms with Crippen LogP contribution in [0.3, 0.4) is 0 Å². The van der Waals surface area contributed by atoms with Gasteiger partial charge in [0, 0.05) is 13.6 Å². The number of nitrogens with one attached hydrogen (secondary N) is 1. The van der Waals surface area contributed by atoms with Crippen LogP contribution in [-0.4, -0.2) is 44.8 Å². The summed E-state index contributed by atoms with van der Waals surface area (Å²) in [4.78, 5) is 27.6. The van der Waals surface area contributed by atoms with Gasteiger partial charge in [0.05, 0.1) is 15.6 Å². The van der Waals surface area contributed by atoms with Crippen LogP contribution in [0.15, 0.2) is 77.7 Å². The Morgan fingerprint density at radius 2 is 1.61 bits per heavy atom. The van der Waals surface area contributed by atoms with Crippen LogP contribution in [0, 0.1) is 13.8 Å². The molecule has 0 spiro atoms. The van der Waals surface area contributed by atoms with Gasteiger partial charge in [-0.1, -0.05) is 71.3 Å². The number of para-hydroxylation sites is 1. The van der Waals surface area contributed by atoms with Gasteiger partial charge in [-0.15, -0.1) is 0 Å². The normalized spacial score (nSPS) is 12.0. The molecule has 9 heteroatoms. The first-order chi connectivity index (χ1) is 17.0. The summed E-state index contributed by atoms with van der Waals surface area (Å²) in [6, 6.07) is 19.6. The zero-order valence-corrected chi connectivity index (χ0v) is 22.3. The van der Waals surface area contributed by atoms with Gasteiger partial charge in [-0.3, -0.25) is 13.9 Å². The van der Waals surface area contributed by atoms with E-state index in [-0.39, 0.29) is 28.1 Å². The minimum Gasteiger partial charge on any atom is -0.357 e. The molecule has 0 fully saturated rings. The van der Waals surface area contributed by atoms with E-state index in [2.05, 4.69) is 5.32 Å². The third kappa shape index (κ3) is 6.25. The molecule has 2 amide bonds. The number of sulfonamides is 1. The van der Waals surface area contributed by atoms with Crippen LogP contribution in [0.25, 0.3) is 0 Å². The molecule has 3 aromatic rings. The molecular formula is C27H30ClN3O4S. The zero-order valence-electron chi connectivity index (χ0n) is 20.7. The fraction of sp³-hybridized carbons (Fsp3) is 0.259. The fourth-order valence-electron chi connectivity index (χ4n) is 3.80. The van der Waals surface area contributed by atoms with Gasteiger partial charge >= 0.3 is 0 Å². The highest BCUT2D eigenvalue weighted by molar-refractivity contribution is 7.92. The summed E-state index contributed by atoms with van der Waals surface area (Å²) < 4.78 is 28.5. The van der Waals surface area contributed by atoms with Gasteiger partial charge in [0.25, 0.3) is 10.0 Å². The van der Waals surface area contributed by atoms with Crippen molar-refractivity contribution in [2.75, 3.05) is 17.9 Å². The molecule has 0 bridgehead atoms. The average molecular weight is 528 g/mol. The highest BCUT2D eigenvalue weighted by Crippen LogP contribution is 2.30. The van der Waals surface area contributed by atoms with Crippen LogP contribution in [0.2, 0.25) is 5.02 Å². The van der Waals surface area contributed by atoms with Crippen molar-refractivity contribution >= 4 is 39.1 Å². The first-order valence-corrected chi connectivity index (χ1v) is 13.3. The second-order valence-electron chi connectivity index (χ2n) is 8.58. The van der Waals surface area contributed by atoms with Crippen LogP contribution in [0.4, 0.5) is 5.69 Å². The summed E-state index contributed by atoms with van der Waals surface area (Å²) >= 11 is 6.39. The van der Waals surface area contributed by atoms with Crippen LogP contribution in [0.1, 0.15) is 23.6 Å². The van der Waals surface area contributed by atoms with E-state index < -0.39 is 28.5 Å². The number of carbonyl (C=O) groups excluding carboxylic acids is 2. The van der Waals surface area contributed by atoms with Crippen molar-refractivity contribution in [3.8, 4) is 0 Å². The molecular weight excluding hydrogens is 498 g/mol. The van der Waals surface area contributed by atoms with Gasteiger partial charge < -0.3 is 10.2 Å². The van der Waals surface area contributed by atoms with Crippen molar-refractivity contribution in [1.82, 2.24) is 10.2 Å². The van der Waals surface area contributed by atoms with Crippen molar-refractivity contribution in [2.24, 2.45) is 0 Å². The van der Waals surface area contributed by atoms with Crippen molar-refractivity contribution in [3.05, 3.63) is 94.5 Å². The Morgan fingerprint density at radius 3 is 2.22 bits per heavy atom. The van der Waals surface area contributed by atoms with E-state index in [4.69, 9.17) is 11.6 Å². The predicted molar refractivity (Wildman–Crippen MR) is 142 cm³/mol. The Morgan fingerprint density at radius 1 is 0.944 bits per heavy atom. The van der Waals surface area contributed by atoms with E-state index in [1.807, 2.05) is 38.1 Å². The Hall–Kier alpha value is -3.36. The van der Waals surface area contributed by atoms with Gasteiger partial charge in [-0.2, -0.15) is 0 Å². The number of carbonyl (C=O) groups is 2. The van der Waals surface area contributed by atoms with E-state index >= 15 is 0 Å². The molecule has 1 atom stereocenters. The van der Waals surface area contributed by atoms with Crippen LogP contribution in [0.5, 0.6) is 0 Å². The molecule has 3 aromatic carbocycles. The molecule has 7 nitrogen and oxygen atoms in total. The maximum Gasteiger partial charge on any atom is 0.264 e. The molecule has 0 radical (unpaired) electrons. The first-order valence-electron chi connectivity index (χ1n) is 11.4. The second-order valence-corrected chi connectivity index (χ2v) is 10.8. The number of hydrogen-bond acceptors (Lipinski definition) is 4. The summed E-state index contributed by atoms with van der Waals surface area (Å²) in [5, 5.41) is 2.75. The molecule has 1 unspecified atom stereocenters. The van der Waals surface area contributed by atoms with Crippen molar-refractivity contribution in [2.45, 2.75) is 38.3 Å². The topological polar surface area (TPSA) is 86.8 Å². The molecule has 0 aliphatic heterocycles. The number of likely N-dealkylation sites (N-methyl/N-ethyl adjacent to an activating group) is 1. The molecule has 0 aliphatic carbocycles.